The highest BCUT2D eigenvalue weighted by Crippen LogP contribution is 2.46. The van der Waals surface area contributed by atoms with Gasteiger partial charge in [0.1, 0.15) is 18.3 Å². The van der Waals surface area contributed by atoms with Gasteiger partial charge in [0, 0.05) is 0 Å². The minimum absolute atomic E-state index is 0.00595. The first-order chi connectivity index (χ1) is 17.9. The summed E-state index contributed by atoms with van der Waals surface area (Å²) in [5, 5.41) is 0.0263. The van der Waals surface area contributed by atoms with Crippen LogP contribution in [0.5, 0.6) is 0 Å². The van der Waals surface area contributed by atoms with Gasteiger partial charge in [0.2, 0.25) is 0 Å². The second kappa shape index (κ2) is 10.8. The summed E-state index contributed by atoms with van der Waals surface area (Å²) in [5.74, 6) is 0. The summed E-state index contributed by atoms with van der Waals surface area (Å²) in [5.41, 5.74) is 0.463. The molecule has 228 valence electrons. The molecule has 0 spiro atoms. The molecule has 1 saturated heterocycles. The van der Waals surface area contributed by atoms with Crippen LogP contribution in [0.3, 0.4) is 0 Å². The molecule has 0 saturated carbocycles. The SMILES string of the molecule is CC(C)(C)[Si](C)(C)OCC1OC(n2cnc3c(=O)[nH]cnc32)C(O[Si](C)(C)C(C)(C)C)C1O[Si](C)(C)C(C)(C)C. The third-order valence-electron chi connectivity index (χ3n) is 9.81. The van der Waals surface area contributed by atoms with Gasteiger partial charge in [-0.15, -0.1) is 0 Å². The van der Waals surface area contributed by atoms with E-state index in [0.717, 1.165) is 0 Å². The molecule has 1 fully saturated rings. The maximum atomic E-state index is 12.5. The Hall–Kier alpha value is -1.16. The third-order valence-corrected chi connectivity index (χ3v) is 23.3. The molecule has 2 aromatic rings. The van der Waals surface area contributed by atoms with Crippen LogP contribution in [0.2, 0.25) is 54.4 Å². The predicted octanol–water partition coefficient (Wildman–Crippen LogP) is 6.82. The van der Waals surface area contributed by atoms with Crippen LogP contribution < -0.4 is 5.56 Å². The number of aromatic nitrogens is 4. The number of hydrogen-bond donors (Lipinski definition) is 1. The maximum Gasteiger partial charge on any atom is 0.278 e. The zero-order valence-electron chi connectivity index (χ0n) is 27.6. The van der Waals surface area contributed by atoms with Crippen molar-refractivity contribution in [1.29, 1.82) is 0 Å². The lowest BCUT2D eigenvalue weighted by molar-refractivity contribution is -0.0470. The maximum absolute atomic E-state index is 12.5. The Balaban J connectivity index is 2.15. The quantitative estimate of drug-likeness (QED) is 0.327. The normalized spacial score (nSPS) is 23.8. The molecule has 0 radical (unpaired) electrons. The summed E-state index contributed by atoms with van der Waals surface area (Å²) >= 11 is 0. The fourth-order valence-corrected chi connectivity index (χ4v) is 7.54. The van der Waals surface area contributed by atoms with E-state index in [1.807, 2.05) is 4.57 Å². The molecule has 3 heterocycles. The number of fused-ring (bicyclic) bond motifs is 1. The largest absolute Gasteiger partial charge is 0.414 e. The molecule has 2 aromatic heterocycles. The van der Waals surface area contributed by atoms with E-state index in [-0.39, 0.29) is 38.4 Å². The Morgan fingerprint density at radius 2 is 1.32 bits per heavy atom. The average Bonchev–Trinajstić information content (AvgIpc) is 3.32. The number of rotatable bonds is 8. The van der Waals surface area contributed by atoms with Crippen molar-refractivity contribution in [3.05, 3.63) is 23.0 Å². The second-order valence-electron chi connectivity index (χ2n) is 15.9. The van der Waals surface area contributed by atoms with Gasteiger partial charge in [0.25, 0.3) is 5.56 Å². The summed E-state index contributed by atoms with van der Waals surface area (Å²) in [7, 11) is -6.60. The second-order valence-corrected chi connectivity index (χ2v) is 30.2. The van der Waals surface area contributed by atoms with Gasteiger partial charge in [-0.1, -0.05) is 62.3 Å². The van der Waals surface area contributed by atoms with Gasteiger partial charge in [0.05, 0.1) is 19.3 Å². The molecule has 1 aliphatic heterocycles. The molecule has 0 aromatic carbocycles. The number of aromatic amines is 1. The molecule has 4 unspecified atom stereocenters. The number of ether oxygens (including phenoxy) is 1. The zero-order valence-corrected chi connectivity index (χ0v) is 30.6. The Morgan fingerprint density at radius 3 is 1.82 bits per heavy atom. The molecule has 40 heavy (non-hydrogen) atoms. The molecule has 12 heteroatoms. The Labute approximate surface area is 244 Å². The van der Waals surface area contributed by atoms with Crippen molar-refractivity contribution in [2.75, 3.05) is 6.61 Å². The van der Waals surface area contributed by atoms with Crippen LogP contribution in [0.25, 0.3) is 11.2 Å². The summed E-state index contributed by atoms with van der Waals surface area (Å²) in [4.78, 5) is 24.0. The van der Waals surface area contributed by atoms with E-state index in [1.54, 1.807) is 6.33 Å². The minimum atomic E-state index is -2.28. The van der Waals surface area contributed by atoms with Crippen LogP contribution in [0.4, 0.5) is 0 Å². The summed E-state index contributed by atoms with van der Waals surface area (Å²) < 4.78 is 29.8. The number of H-pyrrole nitrogens is 1. The molecular weight excluding hydrogens is 557 g/mol. The van der Waals surface area contributed by atoms with E-state index in [2.05, 4.69) is 117 Å². The summed E-state index contributed by atoms with van der Waals surface area (Å²) in [6.07, 6.45) is 1.33. The average molecular weight is 611 g/mol. The van der Waals surface area contributed by atoms with Gasteiger partial charge in [-0.3, -0.25) is 9.36 Å². The number of imidazole rings is 1. The topological polar surface area (TPSA) is 100 Å². The first-order valence-electron chi connectivity index (χ1n) is 14.4. The van der Waals surface area contributed by atoms with Crippen molar-refractivity contribution in [3.8, 4) is 0 Å². The van der Waals surface area contributed by atoms with Crippen LogP contribution in [-0.2, 0) is 18.0 Å². The lowest BCUT2D eigenvalue weighted by Gasteiger charge is -2.44. The van der Waals surface area contributed by atoms with Crippen molar-refractivity contribution in [3.63, 3.8) is 0 Å². The lowest BCUT2D eigenvalue weighted by Crippen LogP contribution is -2.54. The molecule has 1 N–H and O–H groups in total. The molecule has 1 aliphatic rings. The van der Waals surface area contributed by atoms with E-state index in [0.29, 0.717) is 12.3 Å². The number of nitrogens with zero attached hydrogens (tertiary/aromatic N) is 3. The van der Waals surface area contributed by atoms with Crippen molar-refractivity contribution >= 4 is 36.1 Å². The molecule has 0 aliphatic carbocycles. The van der Waals surface area contributed by atoms with Crippen molar-refractivity contribution in [2.24, 2.45) is 0 Å². The number of hydrogen-bond acceptors (Lipinski definition) is 7. The van der Waals surface area contributed by atoms with E-state index >= 15 is 0 Å². The Bertz CT molecular complexity index is 1240. The zero-order chi connectivity index (χ0) is 30.7. The number of nitrogens with one attached hydrogen (secondary N) is 1. The van der Waals surface area contributed by atoms with Gasteiger partial charge in [-0.2, -0.15) is 0 Å². The van der Waals surface area contributed by atoms with Crippen LogP contribution in [-0.4, -0.2) is 69.4 Å². The van der Waals surface area contributed by atoms with Crippen molar-refractivity contribution < 1.29 is 18.0 Å². The van der Waals surface area contributed by atoms with Gasteiger partial charge in [-0.25, -0.2) is 9.97 Å². The fourth-order valence-electron chi connectivity index (χ4n) is 3.92. The van der Waals surface area contributed by atoms with Crippen molar-refractivity contribution in [2.45, 2.75) is 141 Å². The first-order valence-corrected chi connectivity index (χ1v) is 23.2. The Morgan fingerprint density at radius 1 is 0.825 bits per heavy atom. The van der Waals surface area contributed by atoms with Gasteiger partial charge >= 0.3 is 0 Å². The lowest BCUT2D eigenvalue weighted by atomic mass is 10.1. The van der Waals surface area contributed by atoms with Crippen LogP contribution in [0.15, 0.2) is 17.4 Å². The minimum Gasteiger partial charge on any atom is -0.414 e. The molecule has 0 amide bonds. The molecule has 0 bridgehead atoms. The Kier molecular flexibility index (Phi) is 9.03. The highest BCUT2D eigenvalue weighted by atomic mass is 28.4. The van der Waals surface area contributed by atoms with Gasteiger partial charge in [-0.05, 0) is 54.4 Å². The predicted molar refractivity (Wildman–Crippen MR) is 169 cm³/mol. The fraction of sp³-hybridized carbons (Fsp3) is 0.821. The summed E-state index contributed by atoms with van der Waals surface area (Å²) in [6.45, 7) is 34.1. The van der Waals surface area contributed by atoms with E-state index < -0.39 is 37.3 Å². The van der Waals surface area contributed by atoms with E-state index in [4.69, 9.17) is 18.0 Å². The standard InChI is InChI=1S/C28H54N4O5Si3/c1-26(2,3)38(10,11)34-16-19-21(36-39(12,13)27(4,5)6)22(37-40(14,15)28(7,8)9)25(35-19)32-18-31-20-23(32)29-17-30-24(20)33/h17-19,21-22,25H,16H2,1-15H3,(H,29,30,33). The highest BCUT2D eigenvalue weighted by molar-refractivity contribution is 6.75. The van der Waals surface area contributed by atoms with Crippen molar-refractivity contribution in [1.82, 2.24) is 19.5 Å². The smallest absolute Gasteiger partial charge is 0.278 e. The van der Waals surface area contributed by atoms with E-state index in [9.17, 15) is 4.79 Å². The highest BCUT2D eigenvalue weighted by Gasteiger charge is 2.55. The first kappa shape index (κ1) is 33.3. The van der Waals surface area contributed by atoms with Crippen LogP contribution in [0, 0.1) is 0 Å². The third kappa shape index (κ3) is 6.57. The van der Waals surface area contributed by atoms with Crippen LogP contribution in [0.1, 0.15) is 68.5 Å². The monoisotopic (exact) mass is 610 g/mol. The van der Waals surface area contributed by atoms with Gasteiger partial charge < -0.3 is 23.0 Å². The molecule has 4 atom stereocenters. The van der Waals surface area contributed by atoms with Crippen LogP contribution >= 0.6 is 0 Å². The molecule has 9 nitrogen and oxygen atoms in total. The molecule has 3 rings (SSSR count). The van der Waals surface area contributed by atoms with Gasteiger partial charge in [0.15, 0.2) is 42.3 Å². The van der Waals surface area contributed by atoms with E-state index in [1.165, 1.54) is 6.33 Å². The molecular formula is C28H54N4O5Si3. The summed E-state index contributed by atoms with van der Waals surface area (Å²) in [6, 6.07) is 0.